The maximum atomic E-state index is 8.97. The molecule has 0 radical (unpaired) electrons. The van der Waals surface area contributed by atoms with Crippen LogP contribution in [-0.4, -0.2) is 22.5 Å². The molecule has 0 amide bonds. The second kappa shape index (κ2) is 5.42. The van der Waals surface area contributed by atoms with Crippen molar-refractivity contribution in [1.82, 2.24) is 4.98 Å². The van der Waals surface area contributed by atoms with Crippen molar-refractivity contribution in [3.63, 3.8) is 0 Å². The summed E-state index contributed by atoms with van der Waals surface area (Å²) in [6.45, 7) is 0.925. The van der Waals surface area contributed by atoms with Gasteiger partial charge in [-0.05, 0) is 31.2 Å². The van der Waals surface area contributed by atoms with Crippen LogP contribution in [0.25, 0.3) is 0 Å². The number of hydrogen-bond acceptors (Lipinski definition) is 4. The lowest BCUT2D eigenvalue weighted by atomic mass is 10.1. The predicted octanol–water partition coefficient (Wildman–Crippen LogP) is 3.04. The van der Waals surface area contributed by atoms with Crippen LogP contribution in [0.1, 0.15) is 31.4 Å². The number of aromatic nitrogens is 1. The second-order valence-corrected chi connectivity index (χ2v) is 5.73. The minimum Gasteiger partial charge on any atom is -0.381 e. The number of rotatable bonds is 4. The summed E-state index contributed by atoms with van der Waals surface area (Å²) in [4.78, 5) is 4.06. The van der Waals surface area contributed by atoms with E-state index in [2.05, 4.69) is 22.6 Å². The molecule has 1 saturated carbocycles. The van der Waals surface area contributed by atoms with Crippen LogP contribution in [0, 0.1) is 11.3 Å². The molecule has 0 unspecified atom stereocenters. The third-order valence-electron chi connectivity index (χ3n) is 3.46. The molecule has 0 aliphatic heterocycles. The molecule has 0 saturated heterocycles. The summed E-state index contributed by atoms with van der Waals surface area (Å²) in [5.74, 6) is 0. The van der Waals surface area contributed by atoms with Gasteiger partial charge in [-0.1, -0.05) is 12.8 Å². The Morgan fingerprint density at radius 3 is 2.94 bits per heavy atom. The number of pyridine rings is 1. The Morgan fingerprint density at radius 1 is 1.53 bits per heavy atom. The van der Waals surface area contributed by atoms with Crippen LogP contribution in [-0.2, 0) is 0 Å². The Kier molecular flexibility index (Phi) is 3.90. The zero-order valence-electron chi connectivity index (χ0n) is 10.1. The van der Waals surface area contributed by atoms with E-state index in [1.165, 1.54) is 25.7 Å². The van der Waals surface area contributed by atoms with Crippen LogP contribution in [0.4, 0.5) is 5.69 Å². The molecule has 0 atom stereocenters. The quantitative estimate of drug-likeness (QED) is 0.888. The van der Waals surface area contributed by atoms with Gasteiger partial charge in [0.1, 0.15) is 6.07 Å². The number of nitrogens with one attached hydrogen (secondary N) is 1. The third kappa shape index (κ3) is 2.73. The van der Waals surface area contributed by atoms with E-state index in [1.54, 1.807) is 6.20 Å². The van der Waals surface area contributed by atoms with Gasteiger partial charge in [-0.15, -0.1) is 0 Å². The molecule has 1 N–H and O–H groups in total. The first kappa shape index (κ1) is 12.3. The van der Waals surface area contributed by atoms with Crippen LogP contribution in [0.3, 0.4) is 0 Å². The maximum Gasteiger partial charge on any atom is 0.163 e. The fraction of sp³-hybridized carbons (Fsp3) is 0.538. The molecular formula is C13H17N3S. The first-order chi connectivity index (χ1) is 8.29. The van der Waals surface area contributed by atoms with Gasteiger partial charge in [-0.3, -0.25) is 0 Å². The van der Waals surface area contributed by atoms with Gasteiger partial charge in [-0.2, -0.15) is 17.0 Å². The predicted molar refractivity (Wildman–Crippen MR) is 72.2 cm³/mol. The molecule has 0 aromatic carbocycles. The molecule has 17 heavy (non-hydrogen) atoms. The summed E-state index contributed by atoms with van der Waals surface area (Å²) in [7, 11) is 0. The van der Waals surface area contributed by atoms with Gasteiger partial charge in [0, 0.05) is 17.5 Å². The van der Waals surface area contributed by atoms with Crippen LogP contribution in [0.5, 0.6) is 0 Å². The lowest BCUT2D eigenvalue weighted by molar-refractivity contribution is 0.639. The Bertz CT molecular complexity index is 419. The average molecular weight is 247 g/mol. The lowest BCUT2D eigenvalue weighted by Crippen LogP contribution is -2.30. The molecule has 1 fully saturated rings. The summed E-state index contributed by atoms with van der Waals surface area (Å²) in [6, 6.07) is 5.91. The van der Waals surface area contributed by atoms with Crippen molar-refractivity contribution in [2.45, 2.75) is 30.4 Å². The third-order valence-corrected chi connectivity index (χ3v) is 4.88. The molecule has 1 aromatic rings. The molecular weight excluding hydrogens is 230 g/mol. The van der Waals surface area contributed by atoms with Crippen LogP contribution < -0.4 is 5.32 Å². The molecule has 1 aliphatic carbocycles. The minimum atomic E-state index is 0.350. The van der Waals surface area contributed by atoms with Crippen molar-refractivity contribution in [3.05, 3.63) is 24.0 Å². The zero-order valence-corrected chi connectivity index (χ0v) is 10.9. The summed E-state index contributed by atoms with van der Waals surface area (Å²) < 4.78 is 0.350. The topological polar surface area (TPSA) is 48.7 Å². The first-order valence-electron chi connectivity index (χ1n) is 5.94. The Balaban J connectivity index is 2.04. The first-order valence-corrected chi connectivity index (χ1v) is 7.16. The van der Waals surface area contributed by atoms with Crippen molar-refractivity contribution < 1.29 is 0 Å². The summed E-state index contributed by atoms with van der Waals surface area (Å²) in [5, 5.41) is 12.4. The normalized spacial score (nSPS) is 17.6. The smallest absolute Gasteiger partial charge is 0.163 e. The molecule has 0 spiro atoms. The molecule has 2 rings (SSSR count). The standard InChI is InChI=1S/C13H17N3S/c1-17-13(6-2-3-7-13)10-16-11-5-4-8-15-12(11)9-14/h4-5,8,16H,2-3,6-7,10H2,1H3. The molecule has 1 aliphatic rings. The van der Waals surface area contributed by atoms with E-state index in [4.69, 9.17) is 5.26 Å². The van der Waals surface area contributed by atoms with Crippen LogP contribution >= 0.6 is 11.8 Å². The lowest BCUT2D eigenvalue weighted by Gasteiger charge is -2.27. The van der Waals surface area contributed by atoms with Crippen LogP contribution in [0.15, 0.2) is 18.3 Å². The Morgan fingerprint density at radius 2 is 2.29 bits per heavy atom. The van der Waals surface area contributed by atoms with E-state index < -0.39 is 0 Å². The molecule has 1 aromatic heterocycles. The van der Waals surface area contributed by atoms with Gasteiger partial charge in [0.15, 0.2) is 5.69 Å². The van der Waals surface area contributed by atoms with E-state index >= 15 is 0 Å². The van der Waals surface area contributed by atoms with Gasteiger partial charge in [-0.25, -0.2) is 4.98 Å². The SMILES string of the molecule is CSC1(CNc2cccnc2C#N)CCCC1. The largest absolute Gasteiger partial charge is 0.381 e. The second-order valence-electron chi connectivity index (χ2n) is 4.46. The van der Waals surface area contributed by atoms with Crippen molar-refractivity contribution in [3.8, 4) is 6.07 Å². The summed E-state index contributed by atoms with van der Waals surface area (Å²) >= 11 is 1.95. The van der Waals surface area contributed by atoms with Gasteiger partial charge in [0.05, 0.1) is 5.69 Å². The highest BCUT2D eigenvalue weighted by atomic mass is 32.2. The molecule has 3 nitrogen and oxygen atoms in total. The highest BCUT2D eigenvalue weighted by Gasteiger charge is 2.32. The monoisotopic (exact) mass is 247 g/mol. The highest BCUT2D eigenvalue weighted by Crippen LogP contribution is 2.40. The number of anilines is 1. The Labute approximate surface area is 107 Å². The number of nitriles is 1. The molecule has 4 heteroatoms. The van der Waals surface area contributed by atoms with E-state index in [9.17, 15) is 0 Å². The van der Waals surface area contributed by atoms with Gasteiger partial charge >= 0.3 is 0 Å². The minimum absolute atomic E-state index is 0.350. The van der Waals surface area contributed by atoms with Crippen molar-refractivity contribution >= 4 is 17.4 Å². The fourth-order valence-corrected chi connectivity index (χ4v) is 3.28. The van der Waals surface area contributed by atoms with Gasteiger partial charge < -0.3 is 5.32 Å². The maximum absolute atomic E-state index is 8.97. The van der Waals surface area contributed by atoms with Gasteiger partial charge in [0.25, 0.3) is 0 Å². The summed E-state index contributed by atoms with van der Waals surface area (Å²) in [6.07, 6.45) is 9.01. The van der Waals surface area contributed by atoms with Crippen LogP contribution in [0.2, 0.25) is 0 Å². The molecule has 1 heterocycles. The van der Waals surface area contributed by atoms with Crippen molar-refractivity contribution in [2.75, 3.05) is 18.1 Å². The van der Waals surface area contributed by atoms with E-state index in [0.717, 1.165) is 12.2 Å². The summed E-state index contributed by atoms with van der Waals surface area (Å²) in [5.41, 5.74) is 1.34. The number of hydrogen-bond donors (Lipinski definition) is 1. The molecule has 90 valence electrons. The van der Waals surface area contributed by atoms with Crippen molar-refractivity contribution in [1.29, 1.82) is 5.26 Å². The van der Waals surface area contributed by atoms with E-state index in [1.807, 2.05) is 23.9 Å². The fourth-order valence-electron chi connectivity index (χ4n) is 2.37. The van der Waals surface area contributed by atoms with E-state index in [-0.39, 0.29) is 0 Å². The van der Waals surface area contributed by atoms with Gasteiger partial charge in [0.2, 0.25) is 0 Å². The highest BCUT2D eigenvalue weighted by molar-refractivity contribution is 8.00. The average Bonchev–Trinajstić information content (AvgIpc) is 2.86. The Hall–Kier alpha value is -1.21. The number of nitrogens with zero attached hydrogens (tertiary/aromatic N) is 2. The zero-order chi connectivity index (χ0) is 12.1. The van der Waals surface area contributed by atoms with Crippen molar-refractivity contribution in [2.24, 2.45) is 0 Å². The number of thioether (sulfide) groups is 1. The van der Waals surface area contributed by atoms with E-state index in [0.29, 0.717) is 10.4 Å². The molecule has 0 bridgehead atoms.